The number of benzene rings is 3. The molecule has 0 saturated heterocycles. The second kappa shape index (κ2) is 4.74. The molecule has 0 bridgehead atoms. The maximum atomic E-state index is 6.07. The predicted octanol–water partition coefficient (Wildman–Crippen LogP) is 6.76. The summed E-state index contributed by atoms with van der Waals surface area (Å²) in [5.74, 6) is 0.857. The van der Waals surface area contributed by atoms with E-state index in [0.29, 0.717) is 0 Å². The molecule has 5 aromatic rings. The Morgan fingerprint density at radius 1 is 0.696 bits per heavy atom. The molecule has 0 aliphatic rings. The van der Waals surface area contributed by atoms with Crippen molar-refractivity contribution in [3.05, 3.63) is 71.2 Å². The highest BCUT2D eigenvalue weighted by Gasteiger charge is 2.15. The van der Waals surface area contributed by atoms with E-state index in [1.54, 1.807) is 0 Å². The monoisotopic (exact) mass is 362 g/mol. The Morgan fingerprint density at radius 3 is 2.52 bits per heavy atom. The van der Waals surface area contributed by atoms with Crippen LogP contribution in [-0.2, 0) is 0 Å². The van der Waals surface area contributed by atoms with Crippen molar-refractivity contribution in [2.75, 3.05) is 0 Å². The highest BCUT2D eigenvalue weighted by Crippen LogP contribution is 2.38. The summed E-state index contributed by atoms with van der Waals surface area (Å²) < 4.78 is 13.1. The van der Waals surface area contributed by atoms with Crippen molar-refractivity contribution in [3.63, 3.8) is 0 Å². The molecule has 23 heavy (non-hydrogen) atoms. The molecule has 3 heteroatoms. The third kappa shape index (κ3) is 1.93. The zero-order valence-corrected chi connectivity index (χ0v) is 13.6. The molecular formula is C20H11BrO2. The fraction of sp³-hybridized carbons (Fsp3) is 0. The van der Waals surface area contributed by atoms with Gasteiger partial charge in [0.05, 0.1) is 0 Å². The van der Waals surface area contributed by atoms with Gasteiger partial charge in [-0.3, -0.25) is 0 Å². The Balaban J connectivity index is 1.87. The van der Waals surface area contributed by atoms with Gasteiger partial charge in [0.2, 0.25) is 0 Å². The van der Waals surface area contributed by atoms with Gasteiger partial charge in [0, 0.05) is 26.2 Å². The van der Waals surface area contributed by atoms with Crippen LogP contribution in [0.1, 0.15) is 0 Å². The molecular weight excluding hydrogens is 352 g/mol. The summed E-state index contributed by atoms with van der Waals surface area (Å²) in [5.41, 5.74) is 3.71. The summed E-state index contributed by atoms with van der Waals surface area (Å²) in [5, 5.41) is 3.29. The maximum Gasteiger partial charge on any atom is 0.136 e. The number of fused-ring (bicyclic) bond motifs is 4. The quantitative estimate of drug-likeness (QED) is 0.329. The van der Waals surface area contributed by atoms with Crippen molar-refractivity contribution in [3.8, 4) is 11.3 Å². The molecule has 0 atom stereocenters. The first kappa shape index (κ1) is 13.0. The molecule has 0 saturated carbocycles. The Bertz CT molecular complexity index is 1180. The van der Waals surface area contributed by atoms with E-state index >= 15 is 0 Å². The Hall–Kier alpha value is -2.52. The number of halogens is 1. The van der Waals surface area contributed by atoms with E-state index in [4.69, 9.17) is 8.83 Å². The molecule has 2 heterocycles. The van der Waals surface area contributed by atoms with Crippen LogP contribution in [0.2, 0.25) is 0 Å². The van der Waals surface area contributed by atoms with Crippen LogP contribution in [0, 0.1) is 0 Å². The largest absolute Gasteiger partial charge is 0.456 e. The van der Waals surface area contributed by atoms with E-state index in [0.717, 1.165) is 48.7 Å². The van der Waals surface area contributed by atoms with Gasteiger partial charge in [0.15, 0.2) is 0 Å². The molecule has 3 aromatic carbocycles. The van der Waals surface area contributed by atoms with E-state index < -0.39 is 0 Å². The van der Waals surface area contributed by atoms with E-state index in [9.17, 15) is 0 Å². The van der Waals surface area contributed by atoms with E-state index in [1.165, 1.54) is 0 Å². The first-order valence-corrected chi connectivity index (χ1v) is 8.19. The molecule has 5 rings (SSSR count). The van der Waals surface area contributed by atoms with Crippen molar-refractivity contribution < 1.29 is 8.83 Å². The van der Waals surface area contributed by atoms with Crippen molar-refractivity contribution in [1.29, 1.82) is 0 Å². The summed E-state index contributed by atoms with van der Waals surface area (Å²) in [6.45, 7) is 0. The van der Waals surface area contributed by atoms with Crippen LogP contribution in [0.4, 0.5) is 0 Å². The second-order valence-corrected chi connectivity index (χ2v) is 6.49. The topological polar surface area (TPSA) is 26.3 Å². The summed E-state index contributed by atoms with van der Waals surface area (Å²) in [4.78, 5) is 0. The molecule has 0 radical (unpaired) electrons. The Labute approximate surface area is 140 Å². The van der Waals surface area contributed by atoms with Crippen LogP contribution >= 0.6 is 15.9 Å². The number of para-hydroxylation sites is 1. The molecule has 0 aliphatic heterocycles. The van der Waals surface area contributed by atoms with Gasteiger partial charge in [-0.25, -0.2) is 0 Å². The van der Waals surface area contributed by atoms with Crippen molar-refractivity contribution in [1.82, 2.24) is 0 Å². The van der Waals surface area contributed by atoms with Crippen molar-refractivity contribution in [2.45, 2.75) is 0 Å². The van der Waals surface area contributed by atoms with Crippen molar-refractivity contribution in [2.24, 2.45) is 0 Å². The summed E-state index contributed by atoms with van der Waals surface area (Å²) in [6, 6.07) is 22.3. The van der Waals surface area contributed by atoms with Gasteiger partial charge >= 0.3 is 0 Å². The predicted molar refractivity (Wildman–Crippen MR) is 96.6 cm³/mol. The van der Waals surface area contributed by atoms with Crippen LogP contribution in [-0.4, -0.2) is 0 Å². The van der Waals surface area contributed by atoms with Gasteiger partial charge in [0.1, 0.15) is 22.5 Å². The van der Waals surface area contributed by atoms with E-state index in [-0.39, 0.29) is 0 Å². The lowest BCUT2D eigenvalue weighted by atomic mass is 10.0. The molecule has 2 nitrogen and oxygen atoms in total. The summed E-state index contributed by atoms with van der Waals surface area (Å²) in [6.07, 6.45) is 0. The fourth-order valence-electron chi connectivity index (χ4n) is 3.13. The SMILES string of the molecule is Brc1ccc2oc(-c3cccc4oc5ccccc5c34)cc2c1. The molecule has 0 amide bonds. The first-order chi connectivity index (χ1) is 11.3. The van der Waals surface area contributed by atoms with Gasteiger partial charge in [-0.1, -0.05) is 46.3 Å². The molecule has 2 aromatic heterocycles. The minimum atomic E-state index is 0.857. The lowest BCUT2D eigenvalue weighted by molar-refractivity contribution is 0.632. The molecule has 0 unspecified atom stereocenters. The van der Waals surface area contributed by atoms with Gasteiger partial charge < -0.3 is 8.83 Å². The highest BCUT2D eigenvalue weighted by atomic mass is 79.9. The first-order valence-electron chi connectivity index (χ1n) is 7.39. The normalized spacial score (nSPS) is 11.7. The fourth-order valence-corrected chi connectivity index (χ4v) is 3.51. The van der Waals surface area contributed by atoms with Crippen LogP contribution in [0.3, 0.4) is 0 Å². The number of rotatable bonds is 1. The summed E-state index contributed by atoms with van der Waals surface area (Å²) >= 11 is 3.51. The molecule has 0 N–H and O–H groups in total. The maximum absolute atomic E-state index is 6.07. The highest BCUT2D eigenvalue weighted by molar-refractivity contribution is 9.10. The molecule has 0 spiro atoms. The standard InChI is InChI=1S/C20H11BrO2/c21-13-8-9-16-12(10-13)11-19(22-16)15-5-3-7-18-20(15)14-4-1-2-6-17(14)23-18/h1-11H. The number of hydrogen-bond donors (Lipinski definition) is 0. The number of hydrogen-bond acceptors (Lipinski definition) is 2. The third-order valence-corrected chi connectivity index (χ3v) is 4.64. The minimum Gasteiger partial charge on any atom is -0.456 e. The zero-order chi connectivity index (χ0) is 15.4. The van der Waals surface area contributed by atoms with Crippen LogP contribution in [0.15, 0.2) is 80.0 Å². The lowest BCUT2D eigenvalue weighted by Crippen LogP contribution is -1.75. The van der Waals surface area contributed by atoms with Crippen LogP contribution in [0.25, 0.3) is 44.2 Å². The van der Waals surface area contributed by atoms with Crippen molar-refractivity contribution >= 4 is 48.8 Å². The van der Waals surface area contributed by atoms with Gasteiger partial charge in [0.25, 0.3) is 0 Å². The van der Waals surface area contributed by atoms with Crippen LogP contribution in [0.5, 0.6) is 0 Å². The smallest absolute Gasteiger partial charge is 0.136 e. The number of furan rings is 2. The van der Waals surface area contributed by atoms with E-state index in [2.05, 4.69) is 40.2 Å². The summed E-state index contributed by atoms with van der Waals surface area (Å²) in [7, 11) is 0. The minimum absolute atomic E-state index is 0.857. The van der Waals surface area contributed by atoms with Gasteiger partial charge in [-0.15, -0.1) is 0 Å². The van der Waals surface area contributed by atoms with Gasteiger partial charge in [-0.05, 0) is 36.4 Å². The Kier molecular flexibility index (Phi) is 2.67. The zero-order valence-electron chi connectivity index (χ0n) is 12.0. The molecule has 0 fully saturated rings. The van der Waals surface area contributed by atoms with Crippen LogP contribution < -0.4 is 0 Å². The molecule has 110 valence electrons. The third-order valence-electron chi connectivity index (χ3n) is 4.15. The average Bonchev–Trinajstić information content (AvgIpc) is 3.14. The Morgan fingerprint density at radius 2 is 1.57 bits per heavy atom. The molecule has 0 aliphatic carbocycles. The average molecular weight is 363 g/mol. The second-order valence-electron chi connectivity index (χ2n) is 5.57. The van der Waals surface area contributed by atoms with E-state index in [1.807, 2.05) is 42.5 Å². The lowest BCUT2D eigenvalue weighted by Gasteiger charge is -1.99. The van der Waals surface area contributed by atoms with Gasteiger partial charge in [-0.2, -0.15) is 0 Å².